The zero-order chi connectivity index (χ0) is 13.0. The van der Waals surface area contributed by atoms with E-state index >= 15 is 0 Å². The van der Waals surface area contributed by atoms with Crippen molar-refractivity contribution >= 4 is 5.91 Å². The molecule has 5 nitrogen and oxygen atoms in total. The average molecular weight is 238 g/mol. The van der Waals surface area contributed by atoms with E-state index in [-0.39, 0.29) is 16.9 Å². The molecule has 0 saturated heterocycles. The fourth-order valence-electron chi connectivity index (χ4n) is 1.43. The van der Waals surface area contributed by atoms with Crippen molar-refractivity contribution in [2.45, 2.75) is 26.4 Å². The molecule has 0 aliphatic heterocycles. The van der Waals surface area contributed by atoms with Crippen LogP contribution < -0.4 is 5.43 Å². The molecule has 1 rings (SSSR count). The van der Waals surface area contributed by atoms with Crippen molar-refractivity contribution in [3.63, 3.8) is 0 Å². The lowest BCUT2D eigenvalue weighted by Crippen LogP contribution is -2.32. The SMILES string of the molecule is Cc1cc(=O)c(C(=O)N(C)CCC(C)O)c[nH]1. The molecule has 0 aromatic carbocycles. The summed E-state index contributed by atoms with van der Waals surface area (Å²) in [4.78, 5) is 27.8. The Labute approximate surface area is 100 Å². The van der Waals surface area contributed by atoms with Gasteiger partial charge in [-0.05, 0) is 20.3 Å². The van der Waals surface area contributed by atoms with E-state index in [1.165, 1.54) is 17.2 Å². The van der Waals surface area contributed by atoms with Crippen molar-refractivity contribution in [3.05, 3.63) is 33.7 Å². The maximum atomic E-state index is 11.9. The first kappa shape index (κ1) is 13.4. The van der Waals surface area contributed by atoms with Crippen LogP contribution in [0.1, 0.15) is 29.4 Å². The second kappa shape index (κ2) is 5.63. The van der Waals surface area contributed by atoms with Crippen LogP contribution in [0.25, 0.3) is 0 Å². The van der Waals surface area contributed by atoms with Crippen molar-refractivity contribution in [2.24, 2.45) is 0 Å². The van der Waals surface area contributed by atoms with Gasteiger partial charge in [0.25, 0.3) is 5.91 Å². The summed E-state index contributed by atoms with van der Waals surface area (Å²) in [6, 6.07) is 1.40. The molecule has 0 bridgehead atoms. The summed E-state index contributed by atoms with van der Waals surface area (Å²) >= 11 is 0. The number of nitrogens with zero attached hydrogens (tertiary/aromatic N) is 1. The predicted octanol–water partition coefficient (Wildman–Crippen LogP) is 0.526. The van der Waals surface area contributed by atoms with Crippen LogP contribution in [0.3, 0.4) is 0 Å². The number of H-pyrrole nitrogens is 1. The van der Waals surface area contributed by atoms with E-state index in [1.807, 2.05) is 0 Å². The van der Waals surface area contributed by atoms with Crippen LogP contribution >= 0.6 is 0 Å². The lowest BCUT2D eigenvalue weighted by molar-refractivity contribution is 0.0767. The topological polar surface area (TPSA) is 73.4 Å². The molecule has 0 spiro atoms. The molecule has 1 atom stereocenters. The molecule has 2 N–H and O–H groups in total. The van der Waals surface area contributed by atoms with Crippen molar-refractivity contribution < 1.29 is 9.90 Å². The molecular formula is C12H18N2O3. The summed E-state index contributed by atoms with van der Waals surface area (Å²) in [5.74, 6) is -0.327. The van der Waals surface area contributed by atoms with E-state index < -0.39 is 6.10 Å². The number of hydrogen-bond acceptors (Lipinski definition) is 3. The minimum Gasteiger partial charge on any atom is -0.393 e. The summed E-state index contributed by atoms with van der Waals surface area (Å²) in [6.45, 7) is 3.84. The molecule has 0 aliphatic carbocycles. The highest BCUT2D eigenvalue weighted by atomic mass is 16.3. The number of amides is 1. The summed E-state index contributed by atoms with van der Waals surface area (Å²) in [5.41, 5.74) is 0.567. The van der Waals surface area contributed by atoms with Gasteiger partial charge in [0.05, 0.1) is 6.10 Å². The van der Waals surface area contributed by atoms with E-state index in [9.17, 15) is 9.59 Å². The average Bonchev–Trinajstić information content (AvgIpc) is 2.25. The third-order valence-corrected chi connectivity index (χ3v) is 2.52. The lowest BCUT2D eigenvalue weighted by atomic mass is 10.2. The van der Waals surface area contributed by atoms with Crippen LogP contribution in [-0.4, -0.2) is 40.6 Å². The number of aliphatic hydroxyl groups excluding tert-OH is 1. The first-order chi connectivity index (χ1) is 7.91. The van der Waals surface area contributed by atoms with Gasteiger partial charge in [-0.15, -0.1) is 0 Å². The number of nitrogens with one attached hydrogen (secondary N) is 1. The summed E-state index contributed by atoms with van der Waals surface area (Å²) < 4.78 is 0. The number of hydrogen-bond donors (Lipinski definition) is 2. The van der Waals surface area contributed by atoms with Gasteiger partial charge in [0.2, 0.25) is 0 Å². The van der Waals surface area contributed by atoms with Crippen LogP contribution in [0.4, 0.5) is 0 Å². The molecule has 1 amide bonds. The van der Waals surface area contributed by atoms with Crippen LogP contribution in [0.15, 0.2) is 17.1 Å². The van der Waals surface area contributed by atoms with Gasteiger partial charge < -0.3 is 15.0 Å². The standard InChI is InChI=1S/C12H18N2O3/c1-8-6-11(16)10(7-13-8)12(17)14(3)5-4-9(2)15/h6-7,9,15H,4-5H2,1-3H3,(H,13,16). The van der Waals surface area contributed by atoms with Crippen LogP contribution in [0, 0.1) is 6.92 Å². The Hall–Kier alpha value is -1.62. The van der Waals surface area contributed by atoms with Gasteiger partial charge in [-0.2, -0.15) is 0 Å². The monoisotopic (exact) mass is 238 g/mol. The number of aryl methyl sites for hydroxylation is 1. The number of aromatic amines is 1. The Kier molecular flexibility index (Phi) is 4.45. The molecule has 1 aromatic rings. The quantitative estimate of drug-likeness (QED) is 0.803. The number of carbonyl (C=O) groups is 1. The Bertz CT molecular complexity index is 451. The van der Waals surface area contributed by atoms with E-state index in [0.29, 0.717) is 13.0 Å². The summed E-state index contributed by atoms with van der Waals surface area (Å²) in [5, 5.41) is 9.14. The normalized spacial score (nSPS) is 12.2. The molecule has 1 heterocycles. The number of rotatable bonds is 4. The molecule has 94 valence electrons. The Morgan fingerprint density at radius 3 is 2.76 bits per heavy atom. The van der Waals surface area contributed by atoms with E-state index in [4.69, 9.17) is 5.11 Å². The minimum atomic E-state index is -0.457. The van der Waals surface area contributed by atoms with Crippen molar-refractivity contribution in [1.29, 1.82) is 0 Å². The second-order valence-electron chi connectivity index (χ2n) is 4.26. The van der Waals surface area contributed by atoms with Crippen LogP contribution in [0.2, 0.25) is 0 Å². The highest BCUT2D eigenvalue weighted by Gasteiger charge is 2.15. The summed E-state index contributed by atoms with van der Waals surface area (Å²) in [7, 11) is 1.62. The molecule has 1 aromatic heterocycles. The number of aromatic nitrogens is 1. The predicted molar refractivity (Wildman–Crippen MR) is 65.1 cm³/mol. The first-order valence-corrected chi connectivity index (χ1v) is 5.54. The van der Waals surface area contributed by atoms with Gasteiger partial charge in [0, 0.05) is 31.5 Å². The minimum absolute atomic E-state index is 0.128. The number of carbonyl (C=O) groups excluding carboxylic acids is 1. The number of pyridine rings is 1. The van der Waals surface area contributed by atoms with Crippen molar-refractivity contribution in [1.82, 2.24) is 9.88 Å². The van der Waals surface area contributed by atoms with Gasteiger partial charge in [-0.25, -0.2) is 0 Å². The van der Waals surface area contributed by atoms with Gasteiger partial charge in [0.15, 0.2) is 5.43 Å². The molecule has 0 radical (unpaired) electrons. The van der Waals surface area contributed by atoms with Crippen molar-refractivity contribution in [2.75, 3.05) is 13.6 Å². The van der Waals surface area contributed by atoms with Crippen molar-refractivity contribution in [3.8, 4) is 0 Å². The lowest BCUT2D eigenvalue weighted by Gasteiger charge is -2.17. The molecule has 5 heteroatoms. The second-order valence-corrected chi connectivity index (χ2v) is 4.26. The van der Waals surface area contributed by atoms with Gasteiger partial charge in [-0.1, -0.05) is 0 Å². The van der Waals surface area contributed by atoms with Crippen LogP contribution in [-0.2, 0) is 0 Å². The van der Waals surface area contributed by atoms with Gasteiger partial charge in [-0.3, -0.25) is 9.59 Å². The van der Waals surface area contributed by atoms with E-state index in [2.05, 4.69) is 4.98 Å². The highest BCUT2D eigenvalue weighted by molar-refractivity contribution is 5.93. The first-order valence-electron chi connectivity index (χ1n) is 5.54. The molecule has 17 heavy (non-hydrogen) atoms. The molecule has 1 unspecified atom stereocenters. The van der Waals surface area contributed by atoms with Crippen LogP contribution in [0.5, 0.6) is 0 Å². The maximum absolute atomic E-state index is 11.9. The zero-order valence-corrected chi connectivity index (χ0v) is 10.4. The fourth-order valence-corrected chi connectivity index (χ4v) is 1.43. The summed E-state index contributed by atoms with van der Waals surface area (Å²) in [6.07, 6.45) is 1.46. The van der Waals surface area contributed by atoms with Gasteiger partial charge >= 0.3 is 0 Å². The molecular weight excluding hydrogens is 220 g/mol. The smallest absolute Gasteiger partial charge is 0.259 e. The molecule has 0 fully saturated rings. The Morgan fingerprint density at radius 1 is 1.59 bits per heavy atom. The molecule has 0 saturated carbocycles. The number of aliphatic hydroxyl groups is 1. The molecule has 0 aliphatic rings. The van der Waals surface area contributed by atoms with Gasteiger partial charge in [0.1, 0.15) is 5.56 Å². The fraction of sp³-hybridized carbons (Fsp3) is 0.500. The zero-order valence-electron chi connectivity index (χ0n) is 10.4. The third kappa shape index (κ3) is 3.71. The largest absolute Gasteiger partial charge is 0.393 e. The maximum Gasteiger partial charge on any atom is 0.259 e. The highest BCUT2D eigenvalue weighted by Crippen LogP contribution is 2.00. The van der Waals surface area contributed by atoms with E-state index in [0.717, 1.165) is 5.69 Å². The third-order valence-electron chi connectivity index (χ3n) is 2.52. The Balaban J connectivity index is 2.78. The Morgan fingerprint density at radius 2 is 2.24 bits per heavy atom. The van der Waals surface area contributed by atoms with E-state index in [1.54, 1.807) is 20.9 Å².